The Morgan fingerprint density at radius 1 is 1.46 bits per heavy atom. The molecule has 140 valence electrons. The van der Waals surface area contributed by atoms with E-state index >= 15 is 0 Å². The maximum atomic E-state index is 12.8. The summed E-state index contributed by atoms with van der Waals surface area (Å²) in [7, 11) is 0. The number of piperazine rings is 1. The first-order valence-electron chi connectivity index (χ1n) is 8.36. The lowest BCUT2D eigenvalue weighted by atomic mass is 10.1. The molecule has 1 aliphatic heterocycles. The third-order valence-electron chi connectivity index (χ3n) is 4.16. The van der Waals surface area contributed by atoms with Crippen LogP contribution in [0.4, 0.5) is 5.69 Å². The molecule has 1 fully saturated rings. The number of nitro groups is 1. The summed E-state index contributed by atoms with van der Waals surface area (Å²) < 4.78 is 5.19. The zero-order valence-electron chi connectivity index (χ0n) is 14.6. The molecule has 0 aromatic heterocycles. The van der Waals surface area contributed by atoms with Crippen molar-refractivity contribution in [2.45, 2.75) is 38.8 Å². The quantitative estimate of drug-likeness (QED) is 0.462. The second-order valence-electron chi connectivity index (χ2n) is 6.03. The van der Waals surface area contributed by atoms with E-state index in [1.54, 1.807) is 6.92 Å². The Hall–Kier alpha value is -2.97. The molecule has 9 heteroatoms. The molecule has 26 heavy (non-hydrogen) atoms. The van der Waals surface area contributed by atoms with Gasteiger partial charge in [0, 0.05) is 30.8 Å². The third kappa shape index (κ3) is 4.56. The van der Waals surface area contributed by atoms with Gasteiger partial charge in [0.15, 0.2) is 0 Å². The van der Waals surface area contributed by atoms with Gasteiger partial charge in [-0.05, 0) is 19.4 Å². The van der Waals surface area contributed by atoms with Gasteiger partial charge in [-0.3, -0.25) is 24.5 Å². The molecule has 1 aliphatic rings. The monoisotopic (exact) mass is 363 g/mol. The van der Waals surface area contributed by atoms with Gasteiger partial charge in [-0.1, -0.05) is 13.0 Å². The Morgan fingerprint density at radius 2 is 2.19 bits per heavy atom. The maximum absolute atomic E-state index is 12.8. The summed E-state index contributed by atoms with van der Waals surface area (Å²) in [6.45, 7) is 4.05. The number of rotatable bonds is 6. The largest absolute Gasteiger partial charge is 0.463 e. The zero-order chi connectivity index (χ0) is 19.3. The van der Waals surface area contributed by atoms with Gasteiger partial charge in [0.25, 0.3) is 11.6 Å². The molecule has 2 unspecified atom stereocenters. The predicted octanol–water partition coefficient (Wildman–Crippen LogP) is 1.27. The van der Waals surface area contributed by atoms with Gasteiger partial charge in [0.05, 0.1) is 17.4 Å². The van der Waals surface area contributed by atoms with Crippen LogP contribution in [0.3, 0.4) is 0 Å². The van der Waals surface area contributed by atoms with Crippen LogP contribution in [-0.4, -0.2) is 52.8 Å². The molecule has 1 heterocycles. The lowest BCUT2D eigenvalue weighted by Gasteiger charge is -2.34. The van der Waals surface area contributed by atoms with Crippen LogP contribution >= 0.6 is 0 Å². The molecule has 2 amide bonds. The normalized spacial score (nSPS) is 18.0. The molecule has 0 spiro atoms. The van der Waals surface area contributed by atoms with E-state index < -0.39 is 28.7 Å². The van der Waals surface area contributed by atoms with Crippen molar-refractivity contribution in [1.82, 2.24) is 10.2 Å². The number of nitrogens with one attached hydrogen (secondary N) is 1. The first kappa shape index (κ1) is 19.4. The van der Waals surface area contributed by atoms with E-state index in [1.807, 2.05) is 6.92 Å². The summed E-state index contributed by atoms with van der Waals surface area (Å²) in [5, 5.41) is 13.5. The van der Waals surface area contributed by atoms with Crippen LogP contribution in [0.5, 0.6) is 0 Å². The average Bonchev–Trinajstić information content (AvgIpc) is 2.62. The highest BCUT2D eigenvalue weighted by atomic mass is 16.6. The van der Waals surface area contributed by atoms with Crippen molar-refractivity contribution >= 4 is 23.5 Å². The molecule has 1 saturated heterocycles. The van der Waals surface area contributed by atoms with Crippen molar-refractivity contribution in [2.75, 3.05) is 13.1 Å². The average molecular weight is 363 g/mol. The van der Waals surface area contributed by atoms with E-state index in [2.05, 4.69) is 5.32 Å². The van der Waals surface area contributed by atoms with E-state index in [-0.39, 0.29) is 36.9 Å². The summed E-state index contributed by atoms with van der Waals surface area (Å²) in [5.74, 6) is -1.56. The molecule has 2 rings (SSSR count). The van der Waals surface area contributed by atoms with Gasteiger partial charge >= 0.3 is 5.97 Å². The fraction of sp³-hybridized carbons (Fsp3) is 0.471. The molecular weight excluding hydrogens is 342 g/mol. The fourth-order valence-corrected chi connectivity index (χ4v) is 2.59. The highest BCUT2D eigenvalue weighted by molar-refractivity contribution is 5.99. The number of carbonyl (C=O) groups excluding carboxylic acids is 3. The Balaban J connectivity index is 2.20. The van der Waals surface area contributed by atoms with Crippen LogP contribution in [0, 0.1) is 10.1 Å². The number of non-ortho nitro benzene ring substituents is 1. The highest BCUT2D eigenvalue weighted by Crippen LogP contribution is 2.19. The van der Waals surface area contributed by atoms with E-state index in [1.165, 1.54) is 23.1 Å². The van der Waals surface area contributed by atoms with Gasteiger partial charge in [-0.25, -0.2) is 0 Å². The number of ether oxygens (including phenoxy) is 1. The number of esters is 1. The van der Waals surface area contributed by atoms with Crippen molar-refractivity contribution in [3.05, 3.63) is 39.9 Å². The Bertz CT molecular complexity index is 720. The zero-order valence-corrected chi connectivity index (χ0v) is 14.6. The lowest BCUT2D eigenvalue weighted by Crippen LogP contribution is -2.57. The van der Waals surface area contributed by atoms with Crippen LogP contribution < -0.4 is 5.32 Å². The van der Waals surface area contributed by atoms with Gasteiger partial charge in [-0.15, -0.1) is 0 Å². The number of benzene rings is 1. The summed E-state index contributed by atoms with van der Waals surface area (Å²) in [4.78, 5) is 48.6. The molecular formula is C17H21N3O6. The van der Waals surface area contributed by atoms with Gasteiger partial charge in [0.1, 0.15) is 6.04 Å². The van der Waals surface area contributed by atoms with E-state index in [0.29, 0.717) is 6.42 Å². The molecule has 2 atom stereocenters. The van der Waals surface area contributed by atoms with Gasteiger partial charge in [0.2, 0.25) is 5.91 Å². The number of hydrogen-bond donors (Lipinski definition) is 1. The molecule has 1 aromatic carbocycles. The summed E-state index contributed by atoms with van der Waals surface area (Å²) in [6, 6.07) is 4.27. The summed E-state index contributed by atoms with van der Waals surface area (Å²) in [6.07, 6.45) is 0.0885. The molecule has 0 radical (unpaired) electrons. The van der Waals surface area contributed by atoms with Crippen LogP contribution in [-0.2, 0) is 14.3 Å². The molecule has 1 aromatic rings. The smallest absolute Gasteiger partial charge is 0.308 e. The Kier molecular flexibility index (Phi) is 6.26. The van der Waals surface area contributed by atoms with Crippen molar-refractivity contribution in [1.29, 1.82) is 0 Å². The molecule has 0 saturated carbocycles. The predicted molar refractivity (Wildman–Crippen MR) is 91.4 cm³/mol. The SMILES string of the molecule is CCC(C)OC(=O)CC1C(=O)NCCN1C(=O)c1cccc([N+](=O)[O-])c1. The van der Waals surface area contributed by atoms with Crippen molar-refractivity contribution in [2.24, 2.45) is 0 Å². The topological polar surface area (TPSA) is 119 Å². The maximum Gasteiger partial charge on any atom is 0.308 e. The molecule has 0 aliphatic carbocycles. The highest BCUT2D eigenvalue weighted by Gasteiger charge is 2.36. The van der Waals surface area contributed by atoms with Crippen LogP contribution in [0.25, 0.3) is 0 Å². The van der Waals surface area contributed by atoms with Crippen molar-refractivity contribution < 1.29 is 24.0 Å². The second-order valence-corrected chi connectivity index (χ2v) is 6.03. The minimum absolute atomic E-state index is 0.0918. The van der Waals surface area contributed by atoms with Gasteiger partial charge < -0.3 is 15.0 Å². The van der Waals surface area contributed by atoms with Crippen LogP contribution in [0.15, 0.2) is 24.3 Å². The first-order valence-corrected chi connectivity index (χ1v) is 8.36. The number of carbonyl (C=O) groups is 3. The standard InChI is InChI=1S/C17H21N3O6/c1-3-11(2)26-15(21)10-14-16(22)18-7-8-19(14)17(23)12-5-4-6-13(9-12)20(24)25/h4-6,9,11,14H,3,7-8,10H2,1-2H3,(H,18,22). The first-order chi connectivity index (χ1) is 12.3. The third-order valence-corrected chi connectivity index (χ3v) is 4.16. The number of nitro benzene ring substituents is 1. The minimum Gasteiger partial charge on any atom is -0.463 e. The summed E-state index contributed by atoms with van der Waals surface area (Å²) in [5.41, 5.74) is -0.126. The number of amides is 2. The summed E-state index contributed by atoms with van der Waals surface area (Å²) >= 11 is 0. The van der Waals surface area contributed by atoms with E-state index in [4.69, 9.17) is 4.74 Å². The molecule has 0 bridgehead atoms. The van der Waals surface area contributed by atoms with Crippen LogP contribution in [0.2, 0.25) is 0 Å². The van der Waals surface area contributed by atoms with Crippen LogP contribution in [0.1, 0.15) is 37.0 Å². The minimum atomic E-state index is -1.01. The lowest BCUT2D eigenvalue weighted by molar-refractivity contribution is -0.384. The second kappa shape index (κ2) is 8.41. The number of hydrogen-bond acceptors (Lipinski definition) is 6. The van der Waals surface area contributed by atoms with E-state index in [9.17, 15) is 24.5 Å². The number of nitrogens with zero attached hydrogens (tertiary/aromatic N) is 2. The van der Waals surface area contributed by atoms with Crippen molar-refractivity contribution in [3.8, 4) is 0 Å². The van der Waals surface area contributed by atoms with E-state index in [0.717, 1.165) is 6.07 Å². The Labute approximate surface area is 150 Å². The molecule has 1 N–H and O–H groups in total. The Morgan fingerprint density at radius 3 is 2.85 bits per heavy atom. The fourth-order valence-electron chi connectivity index (χ4n) is 2.59. The molecule has 9 nitrogen and oxygen atoms in total. The van der Waals surface area contributed by atoms with Crippen molar-refractivity contribution in [3.63, 3.8) is 0 Å². The van der Waals surface area contributed by atoms with Gasteiger partial charge in [-0.2, -0.15) is 0 Å².